The molecule has 0 saturated heterocycles. The number of para-hydroxylation sites is 1. The fourth-order valence-electron chi connectivity index (χ4n) is 2.53. The minimum absolute atomic E-state index is 0.455. The molecule has 0 heterocycles. The number of anilines is 1. The Morgan fingerprint density at radius 3 is 2.38 bits per heavy atom. The average Bonchev–Trinajstić information content (AvgIpc) is 2.49. The minimum Gasteiger partial charge on any atom is -0.358 e. The molecule has 4 N–H and O–H groups in total. The van der Waals surface area contributed by atoms with E-state index in [4.69, 9.17) is 24.4 Å². The summed E-state index contributed by atoms with van der Waals surface area (Å²) >= 11 is 10.5. The van der Waals surface area contributed by atoms with Crippen molar-refractivity contribution in [1.82, 2.24) is 16.2 Å². The summed E-state index contributed by atoms with van der Waals surface area (Å²) in [5.41, 5.74) is 6.78. The number of rotatable bonds is 2. The predicted octanol–water partition coefficient (Wildman–Crippen LogP) is 2.93. The van der Waals surface area contributed by atoms with Gasteiger partial charge in [0, 0.05) is 11.7 Å². The second kappa shape index (κ2) is 8.14. The van der Waals surface area contributed by atoms with Crippen molar-refractivity contribution in [3.05, 3.63) is 30.3 Å². The van der Waals surface area contributed by atoms with Gasteiger partial charge in [-0.25, -0.2) is 0 Å². The van der Waals surface area contributed by atoms with Gasteiger partial charge in [0.05, 0.1) is 0 Å². The summed E-state index contributed by atoms with van der Waals surface area (Å²) in [5, 5.41) is 7.52. The molecule has 0 amide bonds. The third-order valence-corrected chi connectivity index (χ3v) is 4.17. The smallest absolute Gasteiger partial charge is 0.189 e. The van der Waals surface area contributed by atoms with Crippen LogP contribution in [0.25, 0.3) is 0 Å². The zero-order chi connectivity index (χ0) is 15.1. The van der Waals surface area contributed by atoms with E-state index in [1.807, 2.05) is 30.3 Å². The Bertz CT molecular complexity index is 478. The molecule has 0 spiro atoms. The molecule has 114 valence electrons. The number of hydrazine groups is 1. The van der Waals surface area contributed by atoms with Crippen LogP contribution in [-0.2, 0) is 0 Å². The molecule has 0 aliphatic heterocycles. The molecular weight excluding hydrogens is 300 g/mol. The van der Waals surface area contributed by atoms with E-state index in [0.717, 1.165) is 5.69 Å². The highest BCUT2D eigenvalue weighted by Crippen LogP contribution is 2.23. The molecule has 4 nitrogen and oxygen atoms in total. The summed E-state index contributed by atoms with van der Waals surface area (Å²) in [6.07, 6.45) is 5.03. The highest BCUT2D eigenvalue weighted by atomic mass is 32.1. The lowest BCUT2D eigenvalue weighted by Crippen LogP contribution is -2.52. The number of thiocarbonyl (C=S) groups is 2. The lowest BCUT2D eigenvalue weighted by atomic mass is 9.86. The van der Waals surface area contributed by atoms with Crippen molar-refractivity contribution in [1.29, 1.82) is 0 Å². The molecule has 0 aromatic heterocycles. The number of hydrogen-bond donors (Lipinski definition) is 4. The summed E-state index contributed by atoms with van der Waals surface area (Å²) in [7, 11) is 0. The maximum absolute atomic E-state index is 5.30. The van der Waals surface area contributed by atoms with E-state index < -0.39 is 0 Å². The molecule has 2 atom stereocenters. The van der Waals surface area contributed by atoms with Crippen LogP contribution in [0.5, 0.6) is 0 Å². The van der Waals surface area contributed by atoms with Crippen molar-refractivity contribution in [2.45, 2.75) is 38.6 Å². The molecule has 21 heavy (non-hydrogen) atoms. The standard InChI is InChI=1S/C15H22N4S2/c1-11-7-5-6-10-13(11)17-15(21)19-18-14(20)16-12-8-3-2-4-9-12/h2-4,8-9,11,13H,5-7,10H2,1H3,(H2,16,18,20)(H2,17,19,21)/t11-,13+/m1/s1. The van der Waals surface area contributed by atoms with Crippen LogP contribution in [0.15, 0.2) is 30.3 Å². The van der Waals surface area contributed by atoms with Gasteiger partial charge in [0.15, 0.2) is 10.2 Å². The highest BCUT2D eigenvalue weighted by Gasteiger charge is 2.21. The van der Waals surface area contributed by atoms with Gasteiger partial charge >= 0.3 is 0 Å². The molecular formula is C15H22N4S2. The van der Waals surface area contributed by atoms with Crippen molar-refractivity contribution in [2.75, 3.05) is 5.32 Å². The zero-order valence-electron chi connectivity index (χ0n) is 12.2. The van der Waals surface area contributed by atoms with Crippen LogP contribution < -0.4 is 21.5 Å². The monoisotopic (exact) mass is 322 g/mol. The molecule has 1 aromatic rings. The summed E-state index contributed by atoms with van der Waals surface area (Å²) in [6.45, 7) is 2.27. The largest absolute Gasteiger partial charge is 0.358 e. The fraction of sp³-hybridized carbons (Fsp3) is 0.467. The van der Waals surface area contributed by atoms with E-state index in [1.165, 1.54) is 25.7 Å². The Morgan fingerprint density at radius 2 is 1.67 bits per heavy atom. The van der Waals surface area contributed by atoms with Crippen molar-refractivity contribution in [2.24, 2.45) is 5.92 Å². The first-order valence-corrected chi connectivity index (χ1v) is 8.15. The third kappa shape index (κ3) is 5.47. The fourth-order valence-corrected chi connectivity index (χ4v) is 2.90. The van der Waals surface area contributed by atoms with E-state index in [-0.39, 0.29) is 0 Å². The van der Waals surface area contributed by atoms with Gasteiger partial charge in [-0.1, -0.05) is 38.0 Å². The van der Waals surface area contributed by atoms with Gasteiger partial charge in [0.25, 0.3) is 0 Å². The minimum atomic E-state index is 0.455. The zero-order valence-corrected chi connectivity index (χ0v) is 13.8. The van der Waals surface area contributed by atoms with Crippen molar-refractivity contribution >= 4 is 40.3 Å². The van der Waals surface area contributed by atoms with E-state index in [1.54, 1.807) is 0 Å². The third-order valence-electron chi connectivity index (χ3n) is 3.75. The topological polar surface area (TPSA) is 48.1 Å². The van der Waals surface area contributed by atoms with Crippen LogP contribution in [0.2, 0.25) is 0 Å². The molecule has 1 saturated carbocycles. The highest BCUT2D eigenvalue weighted by molar-refractivity contribution is 7.80. The first kappa shape index (κ1) is 16.0. The van der Waals surface area contributed by atoms with Crippen LogP contribution in [0, 0.1) is 5.92 Å². The van der Waals surface area contributed by atoms with Gasteiger partial charge in [-0.2, -0.15) is 0 Å². The lowest BCUT2D eigenvalue weighted by Gasteiger charge is -2.30. The first-order chi connectivity index (χ1) is 10.1. The van der Waals surface area contributed by atoms with Crippen LogP contribution >= 0.6 is 24.4 Å². The van der Waals surface area contributed by atoms with Gasteiger partial charge in [0.1, 0.15) is 0 Å². The maximum Gasteiger partial charge on any atom is 0.189 e. The Balaban J connectivity index is 1.69. The molecule has 0 radical (unpaired) electrons. The van der Waals surface area contributed by atoms with Crippen LogP contribution in [0.3, 0.4) is 0 Å². The van der Waals surface area contributed by atoms with Gasteiger partial charge in [-0.05, 0) is 55.3 Å². The first-order valence-electron chi connectivity index (χ1n) is 7.33. The van der Waals surface area contributed by atoms with Gasteiger partial charge in [-0.3, -0.25) is 10.9 Å². The molecule has 6 heteroatoms. The average molecular weight is 323 g/mol. The van der Waals surface area contributed by atoms with Crippen molar-refractivity contribution in [3.63, 3.8) is 0 Å². The number of nitrogens with one attached hydrogen (secondary N) is 4. The van der Waals surface area contributed by atoms with Crippen LogP contribution in [-0.4, -0.2) is 16.3 Å². The van der Waals surface area contributed by atoms with Gasteiger partial charge in [-0.15, -0.1) is 0 Å². The quantitative estimate of drug-likeness (QED) is 0.496. The predicted molar refractivity (Wildman–Crippen MR) is 96.1 cm³/mol. The Labute approximate surface area is 137 Å². The van der Waals surface area contributed by atoms with Crippen molar-refractivity contribution < 1.29 is 0 Å². The van der Waals surface area contributed by atoms with E-state index in [0.29, 0.717) is 22.2 Å². The van der Waals surface area contributed by atoms with Crippen LogP contribution in [0.4, 0.5) is 5.69 Å². The molecule has 1 aliphatic carbocycles. The van der Waals surface area contributed by atoms with E-state index in [2.05, 4.69) is 28.4 Å². The second-order valence-corrected chi connectivity index (χ2v) is 6.23. The molecule has 1 fully saturated rings. The Kier molecular flexibility index (Phi) is 6.20. The SMILES string of the molecule is C[C@@H]1CCCC[C@@H]1NC(=S)NNC(=S)Nc1ccccc1. The summed E-state index contributed by atoms with van der Waals surface area (Å²) < 4.78 is 0. The molecule has 1 aromatic carbocycles. The van der Waals surface area contributed by atoms with E-state index in [9.17, 15) is 0 Å². The van der Waals surface area contributed by atoms with Gasteiger partial charge < -0.3 is 10.6 Å². The summed E-state index contributed by atoms with van der Waals surface area (Å²) in [6, 6.07) is 10.2. The molecule has 0 bridgehead atoms. The second-order valence-electron chi connectivity index (χ2n) is 5.41. The van der Waals surface area contributed by atoms with Gasteiger partial charge in [0.2, 0.25) is 0 Å². The number of hydrogen-bond acceptors (Lipinski definition) is 2. The molecule has 1 aliphatic rings. The Morgan fingerprint density at radius 1 is 1.00 bits per heavy atom. The lowest BCUT2D eigenvalue weighted by molar-refractivity contribution is 0.308. The summed E-state index contributed by atoms with van der Waals surface area (Å²) in [4.78, 5) is 0. The maximum atomic E-state index is 5.30. The van der Waals surface area contributed by atoms with E-state index >= 15 is 0 Å². The molecule has 2 rings (SSSR count). The Hall–Kier alpha value is -1.40. The normalized spacial score (nSPS) is 21.2. The summed E-state index contributed by atoms with van der Waals surface area (Å²) in [5.74, 6) is 0.660. The molecule has 0 unspecified atom stereocenters. The number of benzene rings is 1. The van der Waals surface area contributed by atoms with Crippen molar-refractivity contribution in [3.8, 4) is 0 Å². The van der Waals surface area contributed by atoms with Crippen LogP contribution in [0.1, 0.15) is 32.6 Å².